The number of rotatable bonds is 4. The summed E-state index contributed by atoms with van der Waals surface area (Å²) in [5.74, 6) is 0.819. The molecule has 1 heterocycles. The van der Waals surface area contributed by atoms with Crippen LogP contribution in [0.25, 0.3) is 0 Å². The minimum Gasteiger partial charge on any atom is -0.309 e. The number of anilines is 1. The van der Waals surface area contributed by atoms with E-state index in [9.17, 15) is 4.79 Å². The molecule has 2 aromatic rings. The molecule has 0 spiro atoms. The van der Waals surface area contributed by atoms with Gasteiger partial charge in [-0.05, 0) is 37.5 Å². The zero-order chi connectivity index (χ0) is 15.0. The molecule has 1 saturated carbocycles. The molecule has 3 rings (SSSR count). The zero-order valence-corrected chi connectivity index (χ0v) is 13.1. The number of benzene rings is 1. The van der Waals surface area contributed by atoms with Gasteiger partial charge in [-0.2, -0.15) is 5.10 Å². The Bertz CT molecular complexity index is 692. The van der Waals surface area contributed by atoms with Crippen molar-refractivity contribution in [3.63, 3.8) is 0 Å². The molecule has 0 saturated heterocycles. The second-order valence-electron chi connectivity index (χ2n) is 5.33. The van der Waals surface area contributed by atoms with Crippen LogP contribution in [0.2, 0.25) is 10.0 Å². The normalized spacial score (nSPS) is 14.2. The third-order valence-electron chi connectivity index (χ3n) is 3.52. The Kier molecular flexibility index (Phi) is 3.91. The van der Waals surface area contributed by atoms with Crippen molar-refractivity contribution in [2.75, 3.05) is 5.32 Å². The number of hydrogen-bond acceptors (Lipinski definition) is 2. The van der Waals surface area contributed by atoms with Crippen molar-refractivity contribution in [2.45, 2.75) is 26.3 Å². The molecule has 1 fully saturated rings. The van der Waals surface area contributed by atoms with Gasteiger partial charge in [0, 0.05) is 27.7 Å². The lowest BCUT2D eigenvalue weighted by atomic mass is 10.2. The highest BCUT2D eigenvalue weighted by Crippen LogP contribution is 2.30. The quantitative estimate of drug-likeness (QED) is 0.927. The summed E-state index contributed by atoms with van der Waals surface area (Å²) in [5, 5.41) is 8.48. The lowest BCUT2D eigenvalue weighted by molar-refractivity contribution is -0.117. The number of carbonyl (C=O) groups is 1. The van der Waals surface area contributed by atoms with Crippen molar-refractivity contribution in [3.8, 4) is 0 Å². The number of aryl methyl sites for hydroxylation is 1. The number of nitrogens with zero attached hydrogens (tertiary/aromatic N) is 2. The first-order valence-corrected chi connectivity index (χ1v) is 7.58. The van der Waals surface area contributed by atoms with Gasteiger partial charge in [-0.3, -0.25) is 9.48 Å². The van der Waals surface area contributed by atoms with E-state index in [0.717, 1.165) is 24.1 Å². The van der Waals surface area contributed by atoms with Crippen molar-refractivity contribution in [1.29, 1.82) is 0 Å². The van der Waals surface area contributed by atoms with Crippen LogP contribution in [0.15, 0.2) is 24.3 Å². The van der Waals surface area contributed by atoms with E-state index in [1.165, 1.54) is 0 Å². The minimum absolute atomic E-state index is 0.0594. The molecule has 6 heteroatoms. The Labute approximate surface area is 133 Å². The third kappa shape index (κ3) is 3.39. The van der Waals surface area contributed by atoms with Gasteiger partial charge in [0.2, 0.25) is 5.91 Å². The number of aromatic nitrogens is 2. The Morgan fingerprint density at radius 3 is 2.81 bits per heavy atom. The molecular formula is C15H15Cl2N3O. The van der Waals surface area contributed by atoms with Crippen LogP contribution in [0.3, 0.4) is 0 Å². The molecule has 1 aromatic heterocycles. The van der Waals surface area contributed by atoms with Crippen molar-refractivity contribution >= 4 is 34.9 Å². The fraction of sp³-hybridized carbons (Fsp3) is 0.333. The predicted octanol–water partition coefficient (Wildman–Crippen LogP) is 3.90. The summed E-state index contributed by atoms with van der Waals surface area (Å²) in [7, 11) is 0. The second kappa shape index (κ2) is 5.70. The van der Waals surface area contributed by atoms with Gasteiger partial charge in [0.15, 0.2) is 5.82 Å². The van der Waals surface area contributed by atoms with Gasteiger partial charge in [-0.15, -0.1) is 0 Å². The summed E-state index contributed by atoms with van der Waals surface area (Å²) in [5.41, 5.74) is 1.90. The topological polar surface area (TPSA) is 46.9 Å². The highest BCUT2D eigenvalue weighted by molar-refractivity contribution is 6.35. The molecule has 110 valence electrons. The summed E-state index contributed by atoms with van der Waals surface area (Å²) in [4.78, 5) is 11.7. The Hall–Kier alpha value is -1.52. The summed E-state index contributed by atoms with van der Waals surface area (Å²) in [6.07, 6.45) is 1.96. The van der Waals surface area contributed by atoms with E-state index >= 15 is 0 Å². The lowest BCUT2D eigenvalue weighted by Crippen LogP contribution is -2.14. The first-order valence-electron chi connectivity index (χ1n) is 6.82. The second-order valence-corrected chi connectivity index (χ2v) is 6.17. The molecule has 0 atom stereocenters. The van der Waals surface area contributed by atoms with Crippen LogP contribution in [0, 0.1) is 12.8 Å². The molecule has 1 N–H and O–H groups in total. The lowest BCUT2D eigenvalue weighted by Gasteiger charge is -2.07. The molecule has 0 radical (unpaired) electrons. The van der Waals surface area contributed by atoms with Crippen LogP contribution >= 0.6 is 23.2 Å². The first-order chi connectivity index (χ1) is 10.0. The molecule has 0 aliphatic heterocycles. The SMILES string of the molecule is Cc1cc(NC(=O)C2CC2)nn1Cc1ccc(Cl)cc1Cl. The highest BCUT2D eigenvalue weighted by Gasteiger charge is 2.30. The van der Waals surface area contributed by atoms with Crippen LogP contribution in [0.1, 0.15) is 24.1 Å². The van der Waals surface area contributed by atoms with Crippen molar-refractivity contribution in [2.24, 2.45) is 5.92 Å². The molecule has 1 aliphatic rings. The monoisotopic (exact) mass is 323 g/mol. The van der Waals surface area contributed by atoms with Gasteiger partial charge in [0.05, 0.1) is 6.54 Å². The van der Waals surface area contributed by atoms with Crippen LogP contribution in [-0.4, -0.2) is 15.7 Å². The summed E-state index contributed by atoms with van der Waals surface area (Å²) < 4.78 is 1.82. The number of amides is 1. The third-order valence-corrected chi connectivity index (χ3v) is 4.10. The summed E-state index contributed by atoms with van der Waals surface area (Å²) >= 11 is 12.1. The Morgan fingerprint density at radius 1 is 1.38 bits per heavy atom. The van der Waals surface area contributed by atoms with Crippen LogP contribution in [0.5, 0.6) is 0 Å². The van der Waals surface area contributed by atoms with Crippen LogP contribution in [-0.2, 0) is 11.3 Å². The molecule has 21 heavy (non-hydrogen) atoms. The molecule has 4 nitrogen and oxygen atoms in total. The molecule has 0 bridgehead atoms. The van der Waals surface area contributed by atoms with Crippen molar-refractivity contribution in [1.82, 2.24) is 9.78 Å². The van der Waals surface area contributed by atoms with E-state index in [4.69, 9.17) is 23.2 Å². The number of halogens is 2. The maximum atomic E-state index is 11.7. The average Bonchev–Trinajstić information content (AvgIpc) is 3.20. The summed E-state index contributed by atoms with van der Waals surface area (Å²) in [6.45, 7) is 2.49. The fourth-order valence-electron chi connectivity index (χ4n) is 2.12. The highest BCUT2D eigenvalue weighted by atomic mass is 35.5. The average molecular weight is 324 g/mol. The predicted molar refractivity (Wildman–Crippen MR) is 83.9 cm³/mol. The van der Waals surface area contributed by atoms with E-state index in [1.807, 2.05) is 23.7 Å². The number of hydrogen-bond donors (Lipinski definition) is 1. The van der Waals surface area contributed by atoms with E-state index in [-0.39, 0.29) is 11.8 Å². The fourth-order valence-corrected chi connectivity index (χ4v) is 2.58. The van der Waals surface area contributed by atoms with Crippen molar-refractivity contribution in [3.05, 3.63) is 45.6 Å². The smallest absolute Gasteiger partial charge is 0.228 e. The first kappa shape index (κ1) is 14.4. The van der Waals surface area contributed by atoms with Gasteiger partial charge in [0.25, 0.3) is 0 Å². The van der Waals surface area contributed by atoms with E-state index in [1.54, 1.807) is 12.1 Å². The Balaban J connectivity index is 1.75. The van der Waals surface area contributed by atoms with Crippen LogP contribution < -0.4 is 5.32 Å². The molecular weight excluding hydrogens is 309 g/mol. The zero-order valence-electron chi connectivity index (χ0n) is 11.6. The Morgan fingerprint density at radius 2 is 2.14 bits per heavy atom. The molecule has 1 amide bonds. The van der Waals surface area contributed by atoms with Crippen LogP contribution in [0.4, 0.5) is 5.82 Å². The minimum atomic E-state index is 0.0594. The van der Waals surface area contributed by atoms with Gasteiger partial charge >= 0.3 is 0 Å². The molecule has 1 aromatic carbocycles. The molecule has 0 unspecified atom stereocenters. The van der Waals surface area contributed by atoms with Gasteiger partial charge in [-0.1, -0.05) is 29.3 Å². The van der Waals surface area contributed by atoms with Gasteiger partial charge in [0.1, 0.15) is 0 Å². The number of nitrogens with one attached hydrogen (secondary N) is 1. The standard InChI is InChI=1S/C15H15Cl2N3O/c1-9-6-14(18-15(21)10-2-3-10)19-20(9)8-11-4-5-12(16)7-13(11)17/h4-7,10H,2-3,8H2,1H3,(H,18,19,21). The maximum Gasteiger partial charge on any atom is 0.228 e. The van der Waals surface area contributed by atoms with Gasteiger partial charge in [-0.25, -0.2) is 0 Å². The molecule has 1 aliphatic carbocycles. The van der Waals surface area contributed by atoms with E-state index in [0.29, 0.717) is 22.4 Å². The maximum absolute atomic E-state index is 11.7. The van der Waals surface area contributed by atoms with Crippen molar-refractivity contribution < 1.29 is 4.79 Å². The number of carbonyl (C=O) groups excluding carboxylic acids is 1. The van der Waals surface area contributed by atoms with E-state index < -0.39 is 0 Å². The largest absolute Gasteiger partial charge is 0.309 e. The van der Waals surface area contributed by atoms with Gasteiger partial charge < -0.3 is 5.32 Å². The van der Waals surface area contributed by atoms with E-state index in [2.05, 4.69) is 10.4 Å². The summed E-state index contributed by atoms with van der Waals surface area (Å²) in [6, 6.07) is 7.27.